The summed E-state index contributed by atoms with van der Waals surface area (Å²) in [5, 5.41) is 15.2. The molecule has 0 bridgehead atoms. The molecule has 2 rings (SSSR count). The zero-order valence-corrected chi connectivity index (χ0v) is 13.8. The molecule has 0 fully saturated rings. The van der Waals surface area contributed by atoms with E-state index in [4.69, 9.17) is 0 Å². The van der Waals surface area contributed by atoms with Crippen LogP contribution in [0.2, 0.25) is 0 Å². The molecule has 20 heavy (non-hydrogen) atoms. The average molecular weight is 337 g/mol. The van der Waals surface area contributed by atoms with Gasteiger partial charge in [-0.2, -0.15) is 5.10 Å². The van der Waals surface area contributed by atoms with E-state index in [1.165, 1.54) is 0 Å². The molecule has 0 radical (unpaired) electrons. The van der Waals surface area contributed by atoms with Crippen molar-refractivity contribution in [2.75, 3.05) is 0 Å². The number of hydrogen-bond donors (Lipinski definition) is 1. The van der Waals surface area contributed by atoms with Crippen LogP contribution in [0.25, 0.3) is 0 Å². The fourth-order valence-corrected chi connectivity index (χ4v) is 2.92. The molecular formula is C16H21BrN2O. The van der Waals surface area contributed by atoms with Gasteiger partial charge in [0.15, 0.2) is 0 Å². The Morgan fingerprint density at radius 3 is 2.50 bits per heavy atom. The Labute approximate surface area is 128 Å². The highest BCUT2D eigenvalue weighted by atomic mass is 79.9. The predicted octanol–water partition coefficient (Wildman–Crippen LogP) is 3.51. The summed E-state index contributed by atoms with van der Waals surface area (Å²) in [6.07, 6.45) is 1.21. The summed E-state index contributed by atoms with van der Waals surface area (Å²) in [6.45, 7) is 6.73. The number of hydrogen-bond acceptors (Lipinski definition) is 2. The number of aliphatic hydroxyl groups is 1. The van der Waals surface area contributed by atoms with Gasteiger partial charge in [0.1, 0.15) is 0 Å². The number of halogens is 1. The van der Waals surface area contributed by atoms with Crippen LogP contribution in [0.1, 0.15) is 30.8 Å². The van der Waals surface area contributed by atoms with Crippen molar-refractivity contribution >= 4 is 15.9 Å². The standard InChI is InChI=1S/C16H21BrN2O/c1-4-19-14(15(17)12(2)18-19)11-16(3,20)10-13-8-6-5-7-9-13/h5-9,20H,4,10-11H2,1-3H3. The van der Waals surface area contributed by atoms with Gasteiger partial charge in [-0.25, -0.2) is 0 Å². The Bertz CT molecular complexity index is 576. The van der Waals surface area contributed by atoms with Crippen LogP contribution in [0.4, 0.5) is 0 Å². The number of nitrogens with zero attached hydrogens (tertiary/aromatic N) is 2. The minimum Gasteiger partial charge on any atom is -0.389 e. The maximum absolute atomic E-state index is 10.7. The van der Waals surface area contributed by atoms with Gasteiger partial charge in [0.05, 0.1) is 21.5 Å². The van der Waals surface area contributed by atoms with Crippen molar-refractivity contribution in [3.8, 4) is 0 Å². The minimum atomic E-state index is -0.788. The lowest BCUT2D eigenvalue weighted by Crippen LogP contribution is -2.31. The molecule has 0 spiro atoms. The zero-order valence-electron chi connectivity index (χ0n) is 12.2. The van der Waals surface area contributed by atoms with E-state index < -0.39 is 5.60 Å². The average Bonchev–Trinajstić information content (AvgIpc) is 2.66. The Kier molecular flexibility index (Phi) is 4.66. The molecule has 1 N–H and O–H groups in total. The van der Waals surface area contributed by atoms with Crippen molar-refractivity contribution in [1.82, 2.24) is 9.78 Å². The van der Waals surface area contributed by atoms with Gasteiger partial charge >= 0.3 is 0 Å². The molecule has 0 aliphatic heterocycles. The Hall–Kier alpha value is -1.13. The quantitative estimate of drug-likeness (QED) is 0.907. The lowest BCUT2D eigenvalue weighted by Gasteiger charge is -2.24. The van der Waals surface area contributed by atoms with E-state index in [1.54, 1.807) is 0 Å². The van der Waals surface area contributed by atoms with E-state index in [9.17, 15) is 5.11 Å². The highest BCUT2D eigenvalue weighted by Crippen LogP contribution is 2.26. The van der Waals surface area contributed by atoms with E-state index in [2.05, 4.69) is 28.0 Å². The topological polar surface area (TPSA) is 38.0 Å². The first-order valence-corrected chi connectivity index (χ1v) is 7.70. The van der Waals surface area contributed by atoms with E-state index in [-0.39, 0.29) is 0 Å². The van der Waals surface area contributed by atoms with E-state index in [0.717, 1.165) is 28.0 Å². The minimum absolute atomic E-state index is 0.581. The van der Waals surface area contributed by atoms with Crippen molar-refractivity contribution in [2.24, 2.45) is 0 Å². The third kappa shape index (κ3) is 3.49. The molecule has 108 valence electrons. The summed E-state index contributed by atoms with van der Waals surface area (Å²) in [5.74, 6) is 0. The maximum Gasteiger partial charge on any atom is 0.0738 e. The normalized spacial score (nSPS) is 14.2. The number of rotatable bonds is 5. The largest absolute Gasteiger partial charge is 0.389 e. The number of benzene rings is 1. The van der Waals surface area contributed by atoms with Crippen LogP contribution in [0.3, 0.4) is 0 Å². The van der Waals surface area contributed by atoms with Crippen molar-refractivity contribution < 1.29 is 5.11 Å². The first kappa shape index (κ1) is 15.3. The van der Waals surface area contributed by atoms with Gasteiger partial charge in [0.2, 0.25) is 0 Å². The second-order valence-corrected chi connectivity index (χ2v) is 6.29. The molecule has 4 heteroatoms. The lowest BCUT2D eigenvalue weighted by atomic mass is 9.92. The third-order valence-electron chi connectivity index (χ3n) is 3.43. The summed E-state index contributed by atoms with van der Waals surface area (Å²) in [6, 6.07) is 10.1. The highest BCUT2D eigenvalue weighted by Gasteiger charge is 2.25. The molecule has 1 aromatic carbocycles. The van der Waals surface area contributed by atoms with Crippen molar-refractivity contribution in [1.29, 1.82) is 0 Å². The molecule has 0 amide bonds. The van der Waals surface area contributed by atoms with Gasteiger partial charge in [-0.1, -0.05) is 30.3 Å². The van der Waals surface area contributed by atoms with Crippen LogP contribution in [-0.4, -0.2) is 20.5 Å². The Morgan fingerprint density at radius 1 is 1.25 bits per heavy atom. The molecule has 2 aromatic rings. The SMILES string of the molecule is CCn1nc(C)c(Br)c1CC(C)(O)Cc1ccccc1. The molecule has 1 heterocycles. The number of aromatic nitrogens is 2. The summed E-state index contributed by atoms with van der Waals surface area (Å²) >= 11 is 3.59. The molecule has 0 saturated carbocycles. The highest BCUT2D eigenvalue weighted by molar-refractivity contribution is 9.10. The maximum atomic E-state index is 10.7. The molecular weight excluding hydrogens is 316 g/mol. The summed E-state index contributed by atoms with van der Waals surface area (Å²) < 4.78 is 2.96. The zero-order chi connectivity index (χ0) is 14.8. The van der Waals surface area contributed by atoms with Crippen LogP contribution in [0.15, 0.2) is 34.8 Å². The molecule has 0 aliphatic carbocycles. The van der Waals surface area contributed by atoms with Crippen molar-refractivity contribution in [2.45, 2.75) is 45.8 Å². The second kappa shape index (κ2) is 6.10. The van der Waals surface area contributed by atoms with Gasteiger partial charge in [-0.3, -0.25) is 4.68 Å². The number of aryl methyl sites for hydroxylation is 2. The van der Waals surface area contributed by atoms with Crippen LogP contribution in [0.5, 0.6) is 0 Å². The summed E-state index contributed by atoms with van der Waals surface area (Å²) in [5.41, 5.74) is 2.39. The molecule has 1 atom stereocenters. The van der Waals surface area contributed by atoms with Gasteiger partial charge in [-0.05, 0) is 42.3 Å². The van der Waals surface area contributed by atoms with Gasteiger partial charge in [-0.15, -0.1) is 0 Å². The first-order valence-electron chi connectivity index (χ1n) is 6.91. The van der Waals surface area contributed by atoms with Crippen LogP contribution < -0.4 is 0 Å². The van der Waals surface area contributed by atoms with E-state index in [0.29, 0.717) is 12.8 Å². The van der Waals surface area contributed by atoms with Crippen LogP contribution in [0, 0.1) is 6.92 Å². The van der Waals surface area contributed by atoms with Gasteiger partial charge in [0, 0.05) is 19.4 Å². The third-order valence-corrected chi connectivity index (χ3v) is 4.46. The molecule has 1 unspecified atom stereocenters. The smallest absolute Gasteiger partial charge is 0.0738 e. The Morgan fingerprint density at radius 2 is 1.90 bits per heavy atom. The van der Waals surface area contributed by atoms with Gasteiger partial charge < -0.3 is 5.11 Å². The van der Waals surface area contributed by atoms with Gasteiger partial charge in [0.25, 0.3) is 0 Å². The lowest BCUT2D eigenvalue weighted by molar-refractivity contribution is 0.0585. The van der Waals surface area contributed by atoms with E-state index in [1.807, 2.05) is 48.9 Å². The monoisotopic (exact) mass is 336 g/mol. The van der Waals surface area contributed by atoms with Crippen LogP contribution in [-0.2, 0) is 19.4 Å². The molecule has 3 nitrogen and oxygen atoms in total. The molecule has 0 saturated heterocycles. The fraction of sp³-hybridized carbons (Fsp3) is 0.438. The first-order chi connectivity index (χ1) is 9.43. The molecule has 1 aromatic heterocycles. The van der Waals surface area contributed by atoms with Crippen molar-refractivity contribution in [3.05, 3.63) is 51.8 Å². The fourth-order valence-electron chi connectivity index (χ4n) is 2.50. The Balaban J connectivity index is 2.20. The van der Waals surface area contributed by atoms with Crippen LogP contribution >= 0.6 is 15.9 Å². The van der Waals surface area contributed by atoms with Crippen molar-refractivity contribution in [3.63, 3.8) is 0 Å². The predicted molar refractivity (Wildman–Crippen MR) is 84.8 cm³/mol. The molecule has 0 aliphatic rings. The van der Waals surface area contributed by atoms with E-state index >= 15 is 0 Å². The summed E-state index contributed by atoms with van der Waals surface area (Å²) in [4.78, 5) is 0. The second-order valence-electron chi connectivity index (χ2n) is 5.50. The summed E-state index contributed by atoms with van der Waals surface area (Å²) in [7, 11) is 0.